The molecule has 0 amide bonds. The lowest BCUT2D eigenvalue weighted by Crippen LogP contribution is -2.22. The fourth-order valence-corrected chi connectivity index (χ4v) is 1.17. The largest absolute Gasteiger partial charge is 0.457 e. The number of ether oxygens (including phenoxy) is 1. The van der Waals surface area contributed by atoms with Crippen molar-refractivity contribution in [3.8, 4) is 0 Å². The number of rotatable bonds is 2. The number of pyridine rings is 1. The summed E-state index contributed by atoms with van der Waals surface area (Å²) >= 11 is 0. The van der Waals surface area contributed by atoms with Crippen molar-refractivity contribution in [2.75, 3.05) is 0 Å². The summed E-state index contributed by atoms with van der Waals surface area (Å²) in [6.07, 6.45) is -0.923. The van der Waals surface area contributed by atoms with Crippen LogP contribution in [0.1, 0.15) is 32.0 Å². The van der Waals surface area contributed by atoms with Crippen molar-refractivity contribution >= 4 is 12.0 Å². The van der Waals surface area contributed by atoms with E-state index < -0.39 is 23.4 Å². The number of halogens is 3. The van der Waals surface area contributed by atoms with Crippen molar-refractivity contribution in [3.63, 3.8) is 0 Å². The number of aromatic nitrogens is 1. The maximum atomic E-state index is 12.3. The molecule has 0 N–H and O–H groups in total. The SMILES string of the molecule is CC(C)(C)OC(=O)/C=C/c1ccc(C(F)(F)F)nc1. The second-order valence-corrected chi connectivity index (χ2v) is 4.84. The highest BCUT2D eigenvalue weighted by molar-refractivity contribution is 5.87. The van der Waals surface area contributed by atoms with Crippen LogP contribution in [0, 0.1) is 0 Å². The molecule has 0 saturated heterocycles. The van der Waals surface area contributed by atoms with E-state index >= 15 is 0 Å². The highest BCUT2D eigenvalue weighted by atomic mass is 19.4. The molecule has 104 valence electrons. The van der Waals surface area contributed by atoms with Gasteiger partial charge in [-0.15, -0.1) is 0 Å². The Morgan fingerprint density at radius 2 is 1.89 bits per heavy atom. The molecule has 0 fully saturated rings. The van der Waals surface area contributed by atoms with Crippen LogP contribution in [0.4, 0.5) is 13.2 Å². The van der Waals surface area contributed by atoms with E-state index in [1.165, 1.54) is 12.1 Å². The second kappa shape index (κ2) is 5.42. The summed E-state index contributed by atoms with van der Waals surface area (Å²) < 4.78 is 41.8. The van der Waals surface area contributed by atoms with Crippen molar-refractivity contribution in [3.05, 3.63) is 35.7 Å². The fourth-order valence-electron chi connectivity index (χ4n) is 1.17. The molecule has 0 aliphatic rings. The molecule has 0 bridgehead atoms. The molecule has 6 heteroatoms. The molecule has 0 aliphatic carbocycles. The van der Waals surface area contributed by atoms with Gasteiger partial charge in [0, 0.05) is 12.3 Å². The van der Waals surface area contributed by atoms with Crippen LogP contribution in [0.3, 0.4) is 0 Å². The summed E-state index contributed by atoms with van der Waals surface area (Å²) in [5, 5.41) is 0. The van der Waals surface area contributed by atoms with E-state index in [4.69, 9.17) is 4.74 Å². The molecular weight excluding hydrogens is 259 g/mol. The van der Waals surface area contributed by atoms with Crippen LogP contribution in [0.2, 0.25) is 0 Å². The Balaban J connectivity index is 2.71. The highest BCUT2D eigenvalue weighted by Crippen LogP contribution is 2.27. The summed E-state index contributed by atoms with van der Waals surface area (Å²) in [5.41, 5.74) is -1.19. The van der Waals surface area contributed by atoms with Gasteiger partial charge in [-0.05, 0) is 38.5 Å². The average Bonchev–Trinajstić information content (AvgIpc) is 2.23. The summed E-state index contributed by atoms with van der Waals surface area (Å²) in [6.45, 7) is 5.16. The van der Waals surface area contributed by atoms with Crippen LogP contribution in [0.25, 0.3) is 6.08 Å². The normalized spacial score (nSPS) is 12.7. The van der Waals surface area contributed by atoms with E-state index in [-0.39, 0.29) is 0 Å². The Labute approximate surface area is 109 Å². The molecule has 1 aromatic rings. The number of carbonyl (C=O) groups is 1. The minimum absolute atomic E-state index is 0.388. The molecule has 0 atom stereocenters. The van der Waals surface area contributed by atoms with Crippen LogP contribution in [0.15, 0.2) is 24.4 Å². The van der Waals surface area contributed by atoms with Gasteiger partial charge in [-0.25, -0.2) is 4.79 Å². The van der Waals surface area contributed by atoms with Crippen molar-refractivity contribution in [2.45, 2.75) is 32.5 Å². The van der Waals surface area contributed by atoms with Gasteiger partial charge in [0.15, 0.2) is 0 Å². The monoisotopic (exact) mass is 273 g/mol. The predicted molar refractivity (Wildman–Crippen MR) is 64.1 cm³/mol. The zero-order valence-corrected chi connectivity index (χ0v) is 10.8. The van der Waals surface area contributed by atoms with Crippen LogP contribution >= 0.6 is 0 Å². The smallest absolute Gasteiger partial charge is 0.433 e. The zero-order valence-electron chi connectivity index (χ0n) is 10.8. The third kappa shape index (κ3) is 5.54. The lowest BCUT2D eigenvalue weighted by molar-refractivity contribution is -0.148. The number of esters is 1. The summed E-state index contributed by atoms with van der Waals surface area (Å²) in [4.78, 5) is 14.6. The first kappa shape index (κ1) is 15.2. The van der Waals surface area contributed by atoms with Gasteiger partial charge < -0.3 is 4.74 Å². The van der Waals surface area contributed by atoms with Crippen molar-refractivity contribution < 1.29 is 22.7 Å². The van der Waals surface area contributed by atoms with Crippen LogP contribution in [0.5, 0.6) is 0 Å². The third-order valence-electron chi connectivity index (χ3n) is 1.90. The number of nitrogens with zero attached hydrogens (tertiary/aromatic N) is 1. The Morgan fingerprint density at radius 1 is 1.26 bits per heavy atom. The average molecular weight is 273 g/mol. The van der Waals surface area contributed by atoms with Gasteiger partial charge in [0.05, 0.1) is 0 Å². The van der Waals surface area contributed by atoms with Gasteiger partial charge in [-0.2, -0.15) is 13.2 Å². The first-order chi connectivity index (χ1) is 8.58. The quantitative estimate of drug-likeness (QED) is 0.612. The molecule has 0 aliphatic heterocycles. The van der Waals surface area contributed by atoms with Gasteiger partial charge >= 0.3 is 12.1 Å². The van der Waals surface area contributed by atoms with Gasteiger partial charge in [0.2, 0.25) is 0 Å². The summed E-state index contributed by atoms with van der Waals surface area (Å²) in [6, 6.07) is 2.09. The Morgan fingerprint density at radius 3 is 2.32 bits per heavy atom. The first-order valence-electron chi connectivity index (χ1n) is 5.52. The predicted octanol–water partition coefficient (Wildman–Crippen LogP) is 3.46. The van der Waals surface area contributed by atoms with E-state index in [0.29, 0.717) is 5.56 Å². The molecule has 0 aromatic carbocycles. The number of hydrogen-bond acceptors (Lipinski definition) is 3. The molecule has 0 radical (unpaired) electrons. The Hall–Kier alpha value is -1.85. The molecule has 1 rings (SSSR count). The molecule has 19 heavy (non-hydrogen) atoms. The zero-order chi connectivity index (χ0) is 14.7. The standard InChI is InChI=1S/C13H14F3NO2/c1-12(2,3)19-11(18)7-5-9-4-6-10(17-8-9)13(14,15)16/h4-8H,1-3H3/b7-5+. The topological polar surface area (TPSA) is 39.2 Å². The Bertz CT molecular complexity index is 470. The molecular formula is C13H14F3NO2. The lowest BCUT2D eigenvalue weighted by Gasteiger charge is -2.17. The van der Waals surface area contributed by atoms with E-state index in [2.05, 4.69) is 4.98 Å². The highest BCUT2D eigenvalue weighted by Gasteiger charge is 2.31. The van der Waals surface area contributed by atoms with Crippen LogP contribution in [-0.2, 0) is 15.7 Å². The fraction of sp³-hybridized carbons (Fsp3) is 0.385. The van der Waals surface area contributed by atoms with Crippen LogP contribution in [-0.4, -0.2) is 16.6 Å². The first-order valence-corrected chi connectivity index (χ1v) is 5.52. The van der Waals surface area contributed by atoms with Crippen molar-refractivity contribution in [2.24, 2.45) is 0 Å². The van der Waals surface area contributed by atoms with Crippen molar-refractivity contribution in [1.82, 2.24) is 4.98 Å². The molecule has 0 saturated carbocycles. The Kier molecular flexibility index (Phi) is 4.34. The van der Waals surface area contributed by atoms with Gasteiger partial charge in [-0.3, -0.25) is 4.98 Å². The molecule has 0 spiro atoms. The number of hydrogen-bond donors (Lipinski definition) is 0. The third-order valence-corrected chi connectivity index (χ3v) is 1.90. The van der Waals surface area contributed by atoms with Gasteiger partial charge in [-0.1, -0.05) is 6.07 Å². The number of alkyl halides is 3. The molecule has 0 unspecified atom stereocenters. The van der Waals surface area contributed by atoms with E-state index in [9.17, 15) is 18.0 Å². The molecule has 3 nitrogen and oxygen atoms in total. The van der Waals surface area contributed by atoms with E-state index in [0.717, 1.165) is 18.3 Å². The van der Waals surface area contributed by atoms with Gasteiger partial charge in [0.1, 0.15) is 11.3 Å². The minimum Gasteiger partial charge on any atom is -0.457 e. The maximum Gasteiger partial charge on any atom is 0.433 e. The number of carbonyl (C=O) groups excluding carboxylic acids is 1. The van der Waals surface area contributed by atoms with Crippen molar-refractivity contribution in [1.29, 1.82) is 0 Å². The van der Waals surface area contributed by atoms with E-state index in [1.54, 1.807) is 20.8 Å². The maximum absolute atomic E-state index is 12.3. The van der Waals surface area contributed by atoms with E-state index in [1.807, 2.05) is 0 Å². The molecule has 1 heterocycles. The molecule has 1 aromatic heterocycles. The van der Waals surface area contributed by atoms with Crippen LogP contribution < -0.4 is 0 Å². The summed E-state index contributed by atoms with van der Waals surface area (Å²) in [7, 11) is 0. The minimum atomic E-state index is -4.46. The van der Waals surface area contributed by atoms with Gasteiger partial charge in [0.25, 0.3) is 0 Å². The lowest BCUT2D eigenvalue weighted by atomic mass is 10.2. The summed E-state index contributed by atoms with van der Waals surface area (Å²) in [5.74, 6) is -0.563. The second-order valence-electron chi connectivity index (χ2n) is 4.84.